The van der Waals surface area contributed by atoms with Gasteiger partial charge in [-0.05, 0) is 32.0 Å². The van der Waals surface area contributed by atoms with Gasteiger partial charge in [0.25, 0.3) is 0 Å². The van der Waals surface area contributed by atoms with Crippen LogP contribution >= 0.6 is 22.9 Å². The van der Waals surface area contributed by atoms with Crippen LogP contribution in [0.4, 0.5) is 5.69 Å². The minimum absolute atomic E-state index is 0.198. The number of anilines is 1. The number of aryl methyl sites for hydroxylation is 1. The van der Waals surface area contributed by atoms with E-state index < -0.39 is 0 Å². The molecule has 0 fully saturated rings. The second-order valence-corrected chi connectivity index (χ2v) is 5.17. The van der Waals surface area contributed by atoms with Crippen LogP contribution in [0, 0.1) is 6.92 Å². The number of benzene rings is 1. The lowest BCUT2D eigenvalue weighted by atomic mass is 10.2. The van der Waals surface area contributed by atoms with E-state index >= 15 is 0 Å². The third-order valence-electron chi connectivity index (χ3n) is 2.29. The first-order chi connectivity index (χ1) is 7.65. The van der Waals surface area contributed by atoms with Crippen molar-refractivity contribution < 1.29 is 0 Å². The molecule has 0 aliphatic heterocycles. The topological polar surface area (TPSA) is 24.9 Å². The van der Waals surface area contributed by atoms with Gasteiger partial charge in [-0.25, -0.2) is 4.98 Å². The molecule has 1 N–H and O–H groups in total. The van der Waals surface area contributed by atoms with Crippen molar-refractivity contribution in [2.24, 2.45) is 0 Å². The number of rotatable bonds is 3. The normalized spacial score (nSPS) is 12.4. The van der Waals surface area contributed by atoms with Gasteiger partial charge in [0.15, 0.2) is 0 Å². The minimum atomic E-state index is 0.198. The molecule has 0 spiro atoms. The molecule has 4 heteroatoms. The maximum absolute atomic E-state index is 5.92. The SMILES string of the molecule is Cc1nc(C(C)Nc2cccc(Cl)c2)cs1. The number of halogens is 1. The van der Waals surface area contributed by atoms with Gasteiger partial charge in [0, 0.05) is 16.1 Å². The summed E-state index contributed by atoms with van der Waals surface area (Å²) in [5.41, 5.74) is 2.09. The van der Waals surface area contributed by atoms with Gasteiger partial charge in [0.05, 0.1) is 16.7 Å². The minimum Gasteiger partial charge on any atom is -0.377 e. The fourth-order valence-corrected chi connectivity index (χ4v) is 2.38. The van der Waals surface area contributed by atoms with Crippen molar-refractivity contribution in [1.82, 2.24) is 4.98 Å². The Kier molecular flexibility index (Phi) is 3.46. The Labute approximate surface area is 104 Å². The van der Waals surface area contributed by atoms with Crippen molar-refractivity contribution in [2.45, 2.75) is 19.9 Å². The van der Waals surface area contributed by atoms with Crippen LogP contribution in [0.1, 0.15) is 23.7 Å². The van der Waals surface area contributed by atoms with Crippen LogP contribution in [0.3, 0.4) is 0 Å². The Hall–Kier alpha value is -1.06. The Bertz CT molecular complexity index is 481. The number of nitrogens with one attached hydrogen (secondary N) is 1. The summed E-state index contributed by atoms with van der Waals surface area (Å²) in [4.78, 5) is 4.45. The molecule has 84 valence electrons. The quantitative estimate of drug-likeness (QED) is 0.882. The summed E-state index contributed by atoms with van der Waals surface area (Å²) in [5.74, 6) is 0. The summed E-state index contributed by atoms with van der Waals surface area (Å²) < 4.78 is 0. The largest absolute Gasteiger partial charge is 0.377 e. The fraction of sp³-hybridized carbons (Fsp3) is 0.250. The van der Waals surface area contributed by atoms with Gasteiger partial charge in [-0.15, -0.1) is 11.3 Å². The second-order valence-electron chi connectivity index (χ2n) is 3.67. The molecule has 2 rings (SSSR count). The fourth-order valence-electron chi connectivity index (χ4n) is 1.48. The summed E-state index contributed by atoms with van der Waals surface area (Å²) in [6, 6.07) is 7.91. The maximum Gasteiger partial charge on any atom is 0.0898 e. The molecule has 0 aliphatic carbocycles. The van der Waals surface area contributed by atoms with E-state index in [9.17, 15) is 0 Å². The molecule has 0 aliphatic rings. The first-order valence-electron chi connectivity index (χ1n) is 5.09. The van der Waals surface area contributed by atoms with E-state index in [4.69, 9.17) is 11.6 Å². The number of hydrogen-bond donors (Lipinski definition) is 1. The van der Waals surface area contributed by atoms with E-state index in [-0.39, 0.29) is 6.04 Å². The average molecular weight is 253 g/mol. The highest BCUT2D eigenvalue weighted by atomic mass is 35.5. The molecule has 0 amide bonds. The van der Waals surface area contributed by atoms with Gasteiger partial charge in [-0.3, -0.25) is 0 Å². The molecule has 0 saturated heterocycles. The van der Waals surface area contributed by atoms with E-state index in [1.165, 1.54) is 0 Å². The number of nitrogens with zero attached hydrogens (tertiary/aromatic N) is 1. The maximum atomic E-state index is 5.92. The standard InChI is InChI=1S/C12H13ClN2S/c1-8(12-7-16-9(2)15-12)14-11-5-3-4-10(13)6-11/h3-8,14H,1-2H3. The molecular formula is C12H13ClN2S. The molecular weight excluding hydrogens is 240 g/mol. The highest BCUT2D eigenvalue weighted by molar-refractivity contribution is 7.09. The van der Waals surface area contributed by atoms with Gasteiger partial charge >= 0.3 is 0 Å². The second kappa shape index (κ2) is 4.85. The average Bonchev–Trinajstić information content (AvgIpc) is 2.65. The van der Waals surface area contributed by atoms with Crippen LogP contribution in [-0.2, 0) is 0 Å². The molecule has 2 aromatic rings. The first-order valence-corrected chi connectivity index (χ1v) is 6.35. The van der Waals surface area contributed by atoms with Gasteiger partial charge in [0.1, 0.15) is 0 Å². The summed E-state index contributed by atoms with van der Waals surface area (Å²) in [6.07, 6.45) is 0. The van der Waals surface area contributed by atoms with Gasteiger partial charge < -0.3 is 5.32 Å². The lowest BCUT2D eigenvalue weighted by Gasteiger charge is -2.13. The van der Waals surface area contributed by atoms with Crippen LogP contribution in [0.15, 0.2) is 29.6 Å². The molecule has 1 aromatic carbocycles. The highest BCUT2D eigenvalue weighted by Gasteiger charge is 2.08. The van der Waals surface area contributed by atoms with E-state index in [0.717, 1.165) is 21.4 Å². The molecule has 1 atom stereocenters. The summed E-state index contributed by atoms with van der Waals surface area (Å²) >= 11 is 7.59. The molecule has 1 aromatic heterocycles. The molecule has 16 heavy (non-hydrogen) atoms. The van der Waals surface area contributed by atoms with E-state index in [1.54, 1.807) is 11.3 Å². The Balaban J connectivity index is 2.10. The Morgan fingerprint density at radius 2 is 2.25 bits per heavy atom. The summed E-state index contributed by atoms with van der Waals surface area (Å²) in [7, 11) is 0. The third-order valence-corrected chi connectivity index (χ3v) is 3.32. The highest BCUT2D eigenvalue weighted by Crippen LogP contribution is 2.22. The van der Waals surface area contributed by atoms with Gasteiger partial charge in [-0.2, -0.15) is 0 Å². The van der Waals surface area contributed by atoms with Crippen LogP contribution < -0.4 is 5.32 Å². The molecule has 1 unspecified atom stereocenters. The first kappa shape index (κ1) is 11.4. The van der Waals surface area contributed by atoms with E-state index in [0.29, 0.717) is 0 Å². The van der Waals surface area contributed by atoms with E-state index in [2.05, 4.69) is 22.6 Å². The molecule has 0 saturated carbocycles. The monoisotopic (exact) mass is 252 g/mol. The summed E-state index contributed by atoms with van der Waals surface area (Å²) in [5, 5.41) is 7.29. The number of thiazole rings is 1. The zero-order valence-electron chi connectivity index (χ0n) is 9.20. The van der Waals surface area contributed by atoms with Crippen molar-refractivity contribution in [2.75, 3.05) is 5.32 Å². The summed E-state index contributed by atoms with van der Waals surface area (Å²) in [6.45, 7) is 4.11. The zero-order valence-corrected chi connectivity index (χ0v) is 10.8. The molecule has 0 bridgehead atoms. The Morgan fingerprint density at radius 1 is 1.44 bits per heavy atom. The van der Waals surface area contributed by atoms with Crippen molar-refractivity contribution in [1.29, 1.82) is 0 Å². The third kappa shape index (κ3) is 2.74. The lowest BCUT2D eigenvalue weighted by Crippen LogP contribution is -2.06. The smallest absolute Gasteiger partial charge is 0.0898 e. The van der Waals surface area contributed by atoms with Crippen LogP contribution in [0.5, 0.6) is 0 Å². The van der Waals surface area contributed by atoms with Gasteiger partial charge in [0.2, 0.25) is 0 Å². The van der Waals surface area contributed by atoms with Crippen molar-refractivity contribution in [3.8, 4) is 0 Å². The van der Waals surface area contributed by atoms with E-state index in [1.807, 2.05) is 31.2 Å². The molecule has 2 nitrogen and oxygen atoms in total. The van der Waals surface area contributed by atoms with Crippen molar-refractivity contribution in [3.05, 3.63) is 45.4 Å². The molecule has 0 radical (unpaired) electrons. The predicted molar refractivity (Wildman–Crippen MR) is 70.3 cm³/mol. The number of aromatic nitrogens is 1. The predicted octanol–water partition coefficient (Wildman–Crippen LogP) is 4.28. The molecule has 1 heterocycles. The number of hydrogen-bond acceptors (Lipinski definition) is 3. The van der Waals surface area contributed by atoms with Crippen LogP contribution in [0.2, 0.25) is 5.02 Å². The van der Waals surface area contributed by atoms with Crippen LogP contribution in [0.25, 0.3) is 0 Å². The van der Waals surface area contributed by atoms with Crippen LogP contribution in [-0.4, -0.2) is 4.98 Å². The Morgan fingerprint density at radius 3 is 2.88 bits per heavy atom. The van der Waals surface area contributed by atoms with Gasteiger partial charge in [-0.1, -0.05) is 17.7 Å². The zero-order chi connectivity index (χ0) is 11.5. The lowest BCUT2D eigenvalue weighted by molar-refractivity contribution is 0.845. The van der Waals surface area contributed by atoms with Crippen molar-refractivity contribution in [3.63, 3.8) is 0 Å². The van der Waals surface area contributed by atoms with Crippen molar-refractivity contribution >= 4 is 28.6 Å².